The Morgan fingerprint density at radius 1 is 1.40 bits per heavy atom. The van der Waals surface area contributed by atoms with E-state index >= 15 is 0 Å². The molecular weight excluding hydrogens is 261 g/mol. The number of pyridine rings is 1. The Hall–Kier alpha value is -1.23. The van der Waals surface area contributed by atoms with Crippen molar-refractivity contribution in [1.29, 1.82) is 0 Å². The SMILES string of the molecule is CC(Br)c1ccc(-n2cc(F)cn2)nc1. The summed E-state index contributed by atoms with van der Waals surface area (Å²) >= 11 is 3.44. The predicted octanol–water partition coefficient (Wildman–Crippen LogP) is 2.86. The van der Waals surface area contributed by atoms with E-state index in [9.17, 15) is 4.39 Å². The summed E-state index contributed by atoms with van der Waals surface area (Å²) in [7, 11) is 0. The second-order valence-corrected chi connectivity index (χ2v) is 4.54. The van der Waals surface area contributed by atoms with Crippen LogP contribution in [0.1, 0.15) is 17.3 Å². The van der Waals surface area contributed by atoms with Gasteiger partial charge in [-0.15, -0.1) is 0 Å². The summed E-state index contributed by atoms with van der Waals surface area (Å²) < 4.78 is 14.1. The van der Waals surface area contributed by atoms with Crippen LogP contribution in [0, 0.1) is 5.82 Å². The fourth-order valence-corrected chi connectivity index (χ4v) is 1.47. The molecule has 5 heteroatoms. The van der Waals surface area contributed by atoms with Crippen LogP contribution in [0.2, 0.25) is 0 Å². The predicted molar refractivity (Wildman–Crippen MR) is 58.7 cm³/mol. The van der Waals surface area contributed by atoms with Crippen LogP contribution in [0.4, 0.5) is 4.39 Å². The number of nitrogens with zero attached hydrogens (tertiary/aromatic N) is 3. The van der Waals surface area contributed by atoms with E-state index in [1.807, 2.05) is 13.0 Å². The van der Waals surface area contributed by atoms with Gasteiger partial charge in [-0.3, -0.25) is 0 Å². The fourth-order valence-electron chi connectivity index (χ4n) is 1.19. The van der Waals surface area contributed by atoms with Crippen LogP contribution in [0.5, 0.6) is 0 Å². The Morgan fingerprint density at radius 3 is 2.67 bits per heavy atom. The van der Waals surface area contributed by atoms with Crippen LogP contribution in [0.25, 0.3) is 5.82 Å². The Balaban J connectivity index is 2.31. The fraction of sp³-hybridized carbons (Fsp3) is 0.200. The van der Waals surface area contributed by atoms with E-state index in [4.69, 9.17) is 0 Å². The molecule has 0 aliphatic carbocycles. The Morgan fingerprint density at radius 2 is 2.20 bits per heavy atom. The Labute approximate surface area is 95.1 Å². The van der Waals surface area contributed by atoms with Crippen LogP contribution >= 0.6 is 15.9 Å². The highest BCUT2D eigenvalue weighted by Crippen LogP contribution is 2.20. The van der Waals surface area contributed by atoms with Crippen molar-refractivity contribution in [3.8, 4) is 5.82 Å². The van der Waals surface area contributed by atoms with E-state index < -0.39 is 0 Å². The molecule has 78 valence electrons. The van der Waals surface area contributed by atoms with Crippen molar-refractivity contribution in [3.05, 3.63) is 42.1 Å². The van der Waals surface area contributed by atoms with Gasteiger partial charge in [0.25, 0.3) is 0 Å². The molecular formula is C10H9BrFN3. The molecule has 2 rings (SSSR count). The monoisotopic (exact) mass is 269 g/mol. The molecule has 0 fully saturated rings. The summed E-state index contributed by atoms with van der Waals surface area (Å²) in [5.74, 6) is 0.241. The zero-order valence-corrected chi connectivity index (χ0v) is 9.65. The topological polar surface area (TPSA) is 30.7 Å². The van der Waals surface area contributed by atoms with Gasteiger partial charge in [-0.25, -0.2) is 14.1 Å². The molecule has 0 radical (unpaired) electrons. The van der Waals surface area contributed by atoms with Crippen molar-refractivity contribution in [2.75, 3.05) is 0 Å². The maximum Gasteiger partial charge on any atom is 0.161 e. The molecule has 2 aromatic heterocycles. The Bertz CT molecular complexity index is 450. The first kappa shape index (κ1) is 10.3. The molecule has 0 aliphatic rings. The van der Waals surface area contributed by atoms with Gasteiger partial charge in [0.2, 0.25) is 0 Å². The van der Waals surface area contributed by atoms with E-state index in [0.29, 0.717) is 5.82 Å². The van der Waals surface area contributed by atoms with Crippen molar-refractivity contribution in [2.24, 2.45) is 0 Å². The first-order chi connectivity index (χ1) is 7.16. The summed E-state index contributed by atoms with van der Waals surface area (Å²) in [6.45, 7) is 2.02. The summed E-state index contributed by atoms with van der Waals surface area (Å²) in [6, 6.07) is 3.74. The minimum atomic E-state index is -0.366. The molecule has 0 aliphatic heterocycles. The normalized spacial score (nSPS) is 12.7. The molecule has 15 heavy (non-hydrogen) atoms. The Kier molecular flexibility index (Phi) is 2.81. The summed E-state index contributed by atoms with van der Waals surface area (Å²) in [5, 5.41) is 3.83. The van der Waals surface area contributed by atoms with Gasteiger partial charge in [-0.2, -0.15) is 5.10 Å². The zero-order valence-electron chi connectivity index (χ0n) is 8.06. The maximum absolute atomic E-state index is 12.7. The second-order valence-electron chi connectivity index (χ2n) is 3.17. The first-order valence-electron chi connectivity index (χ1n) is 4.47. The highest BCUT2D eigenvalue weighted by atomic mass is 79.9. The largest absolute Gasteiger partial charge is 0.237 e. The molecule has 1 unspecified atom stereocenters. The smallest absolute Gasteiger partial charge is 0.161 e. The minimum absolute atomic E-state index is 0.258. The summed E-state index contributed by atoms with van der Waals surface area (Å²) in [4.78, 5) is 4.45. The van der Waals surface area contributed by atoms with E-state index in [2.05, 4.69) is 26.0 Å². The van der Waals surface area contributed by atoms with Gasteiger partial charge >= 0.3 is 0 Å². The standard InChI is InChI=1S/C10H9BrFN3/c1-7(11)8-2-3-10(13-4-8)15-6-9(12)5-14-15/h2-7H,1H3. The van der Waals surface area contributed by atoms with Crippen molar-refractivity contribution >= 4 is 15.9 Å². The average molecular weight is 270 g/mol. The molecule has 0 amide bonds. The van der Waals surface area contributed by atoms with Crippen LogP contribution in [-0.2, 0) is 0 Å². The maximum atomic E-state index is 12.7. The van der Waals surface area contributed by atoms with Gasteiger partial charge in [0, 0.05) is 11.0 Å². The lowest BCUT2D eigenvalue weighted by molar-refractivity contribution is 0.627. The van der Waals surface area contributed by atoms with Gasteiger partial charge < -0.3 is 0 Å². The van der Waals surface area contributed by atoms with Gasteiger partial charge in [-0.05, 0) is 18.6 Å². The molecule has 1 atom stereocenters. The molecule has 0 saturated carbocycles. The highest BCUT2D eigenvalue weighted by Gasteiger charge is 2.04. The lowest BCUT2D eigenvalue weighted by atomic mass is 10.2. The van der Waals surface area contributed by atoms with Crippen molar-refractivity contribution in [3.63, 3.8) is 0 Å². The third-order valence-corrected chi connectivity index (χ3v) is 2.54. The number of rotatable bonds is 2. The van der Waals surface area contributed by atoms with Gasteiger partial charge in [-0.1, -0.05) is 22.0 Å². The molecule has 2 heterocycles. The minimum Gasteiger partial charge on any atom is -0.237 e. The lowest BCUT2D eigenvalue weighted by Gasteiger charge is -2.04. The average Bonchev–Trinajstić information content (AvgIpc) is 2.65. The lowest BCUT2D eigenvalue weighted by Crippen LogP contribution is -1.98. The van der Waals surface area contributed by atoms with Crippen LogP contribution < -0.4 is 0 Å². The molecule has 3 nitrogen and oxygen atoms in total. The van der Waals surface area contributed by atoms with E-state index in [0.717, 1.165) is 11.8 Å². The number of hydrogen-bond donors (Lipinski definition) is 0. The molecule has 0 aromatic carbocycles. The molecule has 0 bridgehead atoms. The summed E-state index contributed by atoms with van der Waals surface area (Å²) in [6.07, 6.45) is 4.19. The van der Waals surface area contributed by atoms with E-state index in [1.54, 1.807) is 12.3 Å². The van der Waals surface area contributed by atoms with Gasteiger partial charge in [0.05, 0.1) is 12.4 Å². The molecule has 0 saturated heterocycles. The third kappa shape index (κ3) is 2.23. The second kappa shape index (κ2) is 4.10. The number of alkyl halides is 1. The van der Waals surface area contributed by atoms with Gasteiger partial charge in [0.15, 0.2) is 11.6 Å². The quantitative estimate of drug-likeness (QED) is 0.785. The summed E-state index contributed by atoms with van der Waals surface area (Å²) in [5.41, 5.74) is 1.08. The van der Waals surface area contributed by atoms with E-state index in [1.165, 1.54) is 10.9 Å². The van der Waals surface area contributed by atoms with Crippen LogP contribution in [0.15, 0.2) is 30.7 Å². The van der Waals surface area contributed by atoms with E-state index in [-0.39, 0.29) is 10.6 Å². The van der Waals surface area contributed by atoms with Gasteiger partial charge in [0.1, 0.15) is 0 Å². The first-order valence-corrected chi connectivity index (χ1v) is 5.39. The number of halogens is 2. The highest BCUT2D eigenvalue weighted by molar-refractivity contribution is 9.09. The van der Waals surface area contributed by atoms with Crippen molar-refractivity contribution < 1.29 is 4.39 Å². The zero-order chi connectivity index (χ0) is 10.8. The van der Waals surface area contributed by atoms with Crippen LogP contribution in [0.3, 0.4) is 0 Å². The van der Waals surface area contributed by atoms with Crippen LogP contribution in [-0.4, -0.2) is 14.8 Å². The van der Waals surface area contributed by atoms with Crippen molar-refractivity contribution in [1.82, 2.24) is 14.8 Å². The number of aromatic nitrogens is 3. The van der Waals surface area contributed by atoms with Crippen molar-refractivity contribution in [2.45, 2.75) is 11.8 Å². The number of hydrogen-bond acceptors (Lipinski definition) is 2. The third-order valence-electron chi connectivity index (χ3n) is 2.02. The molecule has 0 N–H and O–H groups in total. The molecule has 0 spiro atoms. The molecule has 2 aromatic rings.